The van der Waals surface area contributed by atoms with E-state index in [4.69, 9.17) is 11.6 Å². The van der Waals surface area contributed by atoms with Gasteiger partial charge in [0.15, 0.2) is 5.69 Å². The van der Waals surface area contributed by atoms with E-state index in [0.29, 0.717) is 0 Å². The summed E-state index contributed by atoms with van der Waals surface area (Å²) in [6.45, 7) is 0. The van der Waals surface area contributed by atoms with Crippen LogP contribution in [0, 0.1) is 0 Å². The van der Waals surface area contributed by atoms with E-state index >= 15 is 0 Å². The summed E-state index contributed by atoms with van der Waals surface area (Å²) in [5, 5.41) is 4.09. The number of halogens is 1. The van der Waals surface area contributed by atoms with Crippen LogP contribution in [0.2, 0.25) is 5.15 Å². The average Bonchev–Trinajstić information content (AvgIpc) is 2.80. The lowest BCUT2D eigenvalue weighted by molar-refractivity contribution is 0.0593. The Labute approximate surface area is 95.8 Å². The molecule has 0 aliphatic rings. The van der Waals surface area contributed by atoms with Crippen molar-refractivity contribution in [2.24, 2.45) is 0 Å². The lowest BCUT2D eigenvalue weighted by Gasteiger charge is -2.03. The van der Waals surface area contributed by atoms with E-state index in [1.165, 1.54) is 17.9 Å². The Morgan fingerprint density at radius 1 is 1.50 bits per heavy atom. The summed E-state index contributed by atoms with van der Waals surface area (Å²) in [5.41, 5.74) is 0.0907. The molecule has 0 saturated carbocycles. The Morgan fingerprint density at radius 2 is 2.31 bits per heavy atom. The molecule has 2 heterocycles. The van der Waals surface area contributed by atoms with E-state index < -0.39 is 5.97 Å². The van der Waals surface area contributed by atoms with Crippen molar-refractivity contribution in [3.05, 3.63) is 35.4 Å². The maximum atomic E-state index is 11.3. The maximum Gasteiger partial charge on any atom is 0.356 e. The second-order valence-electron chi connectivity index (χ2n) is 2.82. The Kier molecular flexibility index (Phi) is 2.82. The number of rotatable bonds is 2. The third-order valence-corrected chi connectivity index (χ3v) is 1.98. The third-order valence-electron chi connectivity index (χ3n) is 1.79. The molecule has 0 atom stereocenters. The van der Waals surface area contributed by atoms with E-state index in [-0.39, 0.29) is 16.8 Å². The summed E-state index contributed by atoms with van der Waals surface area (Å²) < 4.78 is 5.95. The van der Waals surface area contributed by atoms with Gasteiger partial charge in [-0.2, -0.15) is 10.1 Å². The lowest BCUT2D eigenvalue weighted by Crippen LogP contribution is -2.09. The topological polar surface area (TPSA) is 69.9 Å². The van der Waals surface area contributed by atoms with E-state index in [1.54, 1.807) is 18.5 Å². The largest absolute Gasteiger partial charge is 0.464 e. The molecule has 82 valence electrons. The number of ether oxygens (including phenoxy) is 1. The fourth-order valence-electron chi connectivity index (χ4n) is 1.10. The second-order valence-corrected chi connectivity index (χ2v) is 3.21. The van der Waals surface area contributed by atoms with Crippen LogP contribution in [0.15, 0.2) is 24.5 Å². The Hall–Kier alpha value is -1.95. The molecule has 0 amide bonds. The van der Waals surface area contributed by atoms with Gasteiger partial charge in [-0.15, -0.1) is 0 Å². The van der Waals surface area contributed by atoms with E-state index in [1.807, 2.05) is 0 Å². The van der Waals surface area contributed by atoms with Gasteiger partial charge >= 0.3 is 5.97 Å². The highest BCUT2D eigenvalue weighted by Gasteiger charge is 2.12. The zero-order valence-electron chi connectivity index (χ0n) is 8.29. The molecular formula is C9H7ClN4O2. The minimum Gasteiger partial charge on any atom is -0.464 e. The van der Waals surface area contributed by atoms with Crippen molar-refractivity contribution >= 4 is 17.6 Å². The van der Waals surface area contributed by atoms with Gasteiger partial charge in [0.05, 0.1) is 7.11 Å². The molecule has 2 rings (SSSR count). The predicted molar refractivity (Wildman–Crippen MR) is 55.5 cm³/mol. The van der Waals surface area contributed by atoms with Crippen LogP contribution < -0.4 is 0 Å². The average molecular weight is 239 g/mol. The summed E-state index contributed by atoms with van der Waals surface area (Å²) in [4.78, 5) is 19.2. The molecule has 7 heteroatoms. The molecule has 0 fully saturated rings. The molecule has 2 aromatic heterocycles. The first-order valence-electron chi connectivity index (χ1n) is 4.33. The van der Waals surface area contributed by atoms with Crippen LogP contribution >= 0.6 is 11.6 Å². The number of carbonyl (C=O) groups is 1. The Morgan fingerprint density at radius 3 is 2.94 bits per heavy atom. The molecular weight excluding hydrogens is 232 g/mol. The summed E-state index contributed by atoms with van der Waals surface area (Å²) in [7, 11) is 1.27. The quantitative estimate of drug-likeness (QED) is 0.579. The zero-order valence-corrected chi connectivity index (χ0v) is 9.05. The molecule has 0 spiro atoms. The zero-order chi connectivity index (χ0) is 11.5. The summed E-state index contributed by atoms with van der Waals surface area (Å²) in [6.07, 6.45) is 3.22. The molecule has 0 saturated heterocycles. The SMILES string of the molecule is COC(=O)c1cc(Cl)nc(-n2cccn2)n1. The van der Waals surface area contributed by atoms with Gasteiger partial charge in [-0.1, -0.05) is 11.6 Å². The van der Waals surface area contributed by atoms with Crippen LogP contribution in [-0.2, 0) is 4.74 Å². The van der Waals surface area contributed by atoms with Crippen molar-refractivity contribution in [1.29, 1.82) is 0 Å². The normalized spacial score (nSPS) is 10.1. The van der Waals surface area contributed by atoms with Crippen molar-refractivity contribution < 1.29 is 9.53 Å². The third kappa shape index (κ3) is 2.01. The van der Waals surface area contributed by atoms with Gasteiger partial charge in [-0.05, 0) is 6.07 Å². The van der Waals surface area contributed by atoms with Crippen molar-refractivity contribution in [2.75, 3.05) is 7.11 Å². The molecule has 16 heavy (non-hydrogen) atoms. The highest BCUT2D eigenvalue weighted by molar-refractivity contribution is 6.29. The number of methoxy groups -OCH3 is 1. The summed E-state index contributed by atoms with van der Waals surface area (Å²) in [6, 6.07) is 3.04. The molecule has 0 aliphatic carbocycles. The first-order valence-corrected chi connectivity index (χ1v) is 4.71. The van der Waals surface area contributed by atoms with Gasteiger partial charge in [-0.25, -0.2) is 14.5 Å². The molecule has 2 aromatic rings. The standard InChI is InChI=1S/C9H7ClN4O2/c1-16-8(15)6-5-7(10)13-9(12-6)14-4-2-3-11-14/h2-5H,1H3. The summed E-state index contributed by atoms with van der Waals surface area (Å²) in [5.74, 6) is -0.351. The van der Waals surface area contributed by atoms with Gasteiger partial charge in [0.25, 0.3) is 5.95 Å². The van der Waals surface area contributed by atoms with Crippen LogP contribution in [0.1, 0.15) is 10.5 Å². The van der Waals surface area contributed by atoms with E-state index in [9.17, 15) is 4.79 Å². The number of hydrogen-bond acceptors (Lipinski definition) is 5. The molecule has 0 aliphatic heterocycles. The van der Waals surface area contributed by atoms with Crippen molar-refractivity contribution in [3.8, 4) is 5.95 Å². The van der Waals surface area contributed by atoms with Crippen molar-refractivity contribution in [2.45, 2.75) is 0 Å². The fourth-order valence-corrected chi connectivity index (χ4v) is 1.28. The molecule has 0 aromatic carbocycles. The van der Waals surface area contributed by atoms with E-state index in [0.717, 1.165) is 0 Å². The summed E-state index contributed by atoms with van der Waals surface area (Å²) >= 11 is 5.77. The number of esters is 1. The molecule has 0 N–H and O–H groups in total. The molecule has 0 radical (unpaired) electrons. The maximum absolute atomic E-state index is 11.3. The minimum absolute atomic E-state index is 0.0907. The van der Waals surface area contributed by atoms with Gasteiger partial charge in [0, 0.05) is 18.5 Å². The number of carbonyl (C=O) groups excluding carboxylic acids is 1. The van der Waals surface area contributed by atoms with Gasteiger partial charge in [-0.3, -0.25) is 0 Å². The first kappa shape index (κ1) is 10.6. The van der Waals surface area contributed by atoms with Crippen LogP contribution in [0.5, 0.6) is 0 Å². The van der Waals surface area contributed by atoms with Crippen LogP contribution in [0.3, 0.4) is 0 Å². The monoisotopic (exact) mass is 238 g/mol. The number of hydrogen-bond donors (Lipinski definition) is 0. The highest BCUT2D eigenvalue weighted by atomic mass is 35.5. The Balaban J connectivity index is 2.48. The fraction of sp³-hybridized carbons (Fsp3) is 0.111. The minimum atomic E-state index is -0.572. The predicted octanol–water partition coefficient (Wildman–Crippen LogP) is 1.10. The van der Waals surface area contributed by atoms with E-state index in [2.05, 4.69) is 19.8 Å². The van der Waals surface area contributed by atoms with Crippen LogP contribution in [0.25, 0.3) is 5.95 Å². The number of aromatic nitrogens is 4. The highest BCUT2D eigenvalue weighted by Crippen LogP contribution is 2.10. The number of nitrogens with zero attached hydrogens (tertiary/aromatic N) is 4. The van der Waals surface area contributed by atoms with Gasteiger partial charge in [0.2, 0.25) is 0 Å². The second kappa shape index (κ2) is 4.28. The van der Waals surface area contributed by atoms with Crippen LogP contribution in [0.4, 0.5) is 0 Å². The lowest BCUT2D eigenvalue weighted by atomic mass is 10.4. The molecule has 0 unspecified atom stereocenters. The van der Waals surface area contributed by atoms with Crippen molar-refractivity contribution in [1.82, 2.24) is 19.7 Å². The van der Waals surface area contributed by atoms with Crippen molar-refractivity contribution in [3.63, 3.8) is 0 Å². The first-order chi connectivity index (χ1) is 7.70. The van der Waals surface area contributed by atoms with Crippen LogP contribution in [-0.4, -0.2) is 32.8 Å². The molecule has 6 nitrogen and oxygen atoms in total. The molecule has 0 bridgehead atoms. The van der Waals surface area contributed by atoms with Gasteiger partial charge in [0.1, 0.15) is 5.15 Å². The Bertz CT molecular complexity index is 512. The smallest absolute Gasteiger partial charge is 0.356 e. The van der Waals surface area contributed by atoms with Gasteiger partial charge < -0.3 is 4.74 Å².